The largest absolute Gasteiger partial charge is 0.389 e. The summed E-state index contributed by atoms with van der Waals surface area (Å²) in [5, 5.41) is 13.1. The summed E-state index contributed by atoms with van der Waals surface area (Å²) in [5.74, 6) is 0.659. The minimum atomic E-state index is -0.560. The molecule has 4 rings (SSSR count). The van der Waals surface area contributed by atoms with Gasteiger partial charge in [-0.3, -0.25) is 9.69 Å². The smallest absolute Gasteiger partial charge is 0.260 e. The average Bonchev–Trinajstić information content (AvgIpc) is 3.20. The van der Waals surface area contributed by atoms with Gasteiger partial charge in [0.1, 0.15) is 10.7 Å². The standard InChI is InChI=1S/C25H33N3O3S/c1-16-9-10-17(2)20(11-16)21-15-32-25-23(21)24(30)26-22(27-25)13-28(12-19(29)14-31-3)18-7-5-4-6-8-18/h9-11,15,18-19,29H,4-8,12-14H2,1-3H3,(H,26,27,30)/t19-/m1/s1. The zero-order valence-electron chi connectivity index (χ0n) is 19.2. The Morgan fingerprint density at radius 3 is 2.78 bits per heavy atom. The van der Waals surface area contributed by atoms with Crippen LogP contribution in [0.15, 0.2) is 28.4 Å². The number of aromatic nitrogens is 2. The molecule has 1 aliphatic rings. The van der Waals surface area contributed by atoms with E-state index in [0.717, 1.165) is 34.4 Å². The van der Waals surface area contributed by atoms with Crippen molar-refractivity contribution in [2.45, 2.75) is 64.6 Å². The molecule has 3 aromatic rings. The maximum atomic E-state index is 13.2. The zero-order valence-corrected chi connectivity index (χ0v) is 20.0. The number of aliphatic hydroxyl groups excluding tert-OH is 1. The van der Waals surface area contributed by atoms with E-state index in [1.807, 2.05) is 5.38 Å². The van der Waals surface area contributed by atoms with Crippen LogP contribution >= 0.6 is 11.3 Å². The number of nitrogens with one attached hydrogen (secondary N) is 1. The summed E-state index contributed by atoms with van der Waals surface area (Å²) in [4.78, 5) is 24.1. The number of fused-ring (bicyclic) bond motifs is 1. The molecule has 2 N–H and O–H groups in total. The minimum absolute atomic E-state index is 0.0943. The number of methoxy groups -OCH3 is 1. The van der Waals surface area contributed by atoms with Crippen LogP contribution < -0.4 is 5.56 Å². The summed E-state index contributed by atoms with van der Waals surface area (Å²) in [7, 11) is 1.60. The lowest BCUT2D eigenvalue weighted by Crippen LogP contribution is -2.42. The van der Waals surface area contributed by atoms with E-state index in [0.29, 0.717) is 36.9 Å². The molecule has 7 heteroatoms. The monoisotopic (exact) mass is 455 g/mol. The Balaban J connectivity index is 1.65. The van der Waals surface area contributed by atoms with Crippen LogP contribution in [0.1, 0.15) is 49.1 Å². The van der Waals surface area contributed by atoms with E-state index >= 15 is 0 Å². The van der Waals surface area contributed by atoms with E-state index in [1.54, 1.807) is 7.11 Å². The van der Waals surface area contributed by atoms with Crippen molar-refractivity contribution in [2.24, 2.45) is 0 Å². The fraction of sp³-hybridized carbons (Fsp3) is 0.520. The van der Waals surface area contributed by atoms with E-state index in [9.17, 15) is 9.90 Å². The Bertz CT molecular complexity index is 1120. The first-order valence-electron chi connectivity index (χ1n) is 11.5. The molecule has 0 spiro atoms. The Labute approximate surface area is 193 Å². The molecule has 6 nitrogen and oxygen atoms in total. The van der Waals surface area contributed by atoms with E-state index in [4.69, 9.17) is 9.72 Å². The highest BCUT2D eigenvalue weighted by Gasteiger charge is 2.25. The van der Waals surface area contributed by atoms with E-state index in [1.165, 1.54) is 36.2 Å². The van der Waals surface area contributed by atoms with Gasteiger partial charge in [-0.25, -0.2) is 4.98 Å². The van der Waals surface area contributed by atoms with Crippen LogP contribution in [0, 0.1) is 13.8 Å². The number of rotatable bonds is 8. The molecule has 32 heavy (non-hydrogen) atoms. The quantitative estimate of drug-likeness (QED) is 0.526. The van der Waals surface area contributed by atoms with Gasteiger partial charge in [0.25, 0.3) is 5.56 Å². The number of hydrogen-bond donors (Lipinski definition) is 2. The summed E-state index contributed by atoms with van der Waals surface area (Å²) in [6.07, 6.45) is 5.34. The third-order valence-electron chi connectivity index (χ3n) is 6.42. The normalized spacial score (nSPS) is 16.2. The fourth-order valence-corrected chi connectivity index (χ4v) is 5.75. The summed E-state index contributed by atoms with van der Waals surface area (Å²) in [6.45, 7) is 5.47. The molecule has 0 saturated heterocycles. The van der Waals surface area contributed by atoms with Crippen LogP contribution in [-0.2, 0) is 11.3 Å². The second kappa shape index (κ2) is 10.3. The van der Waals surface area contributed by atoms with Gasteiger partial charge in [0.15, 0.2) is 0 Å². The topological polar surface area (TPSA) is 78.5 Å². The van der Waals surface area contributed by atoms with E-state index in [-0.39, 0.29) is 5.56 Å². The Hall–Kier alpha value is -2.06. The molecule has 1 saturated carbocycles. The van der Waals surface area contributed by atoms with Gasteiger partial charge in [-0.15, -0.1) is 11.3 Å². The maximum Gasteiger partial charge on any atom is 0.260 e. The second-order valence-corrected chi connectivity index (χ2v) is 9.85. The maximum absolute atomic E-state index is 13.2. The zero-order chi connectivity index (χ0) is 22.7. The lowest BCUT2D eigenvalue weighted by molar-refractivity contribution is 0.0173. The van der Waals surface area contributed by atoms with Crippen molar-refractivity contribution in [3.05, 3.63) is 50.9 Å². The highest BCUT2D eigenvalue weighted by Crippen LogP contribution is 2.33. The third kappa shape index (κ3) is 5.12. The van der Waals surface area contributed by atoms with Gasteiger partial charge in [0.05, 0.1) is 24.6 Å². The molecule has 1 aromatic carbocycles. The summed E-state index contributed by atoms with van der Waals surface area (Å²) in [5.41, 5.74) is 4.26. The van der Waals surface area contributed by atoms with Crippen molar-refractivity contribution in [3.63, 3.8) is 0 Å². The first-order valence-corrected chi connectivity index (χ1v) is 12.3. The molecule has 1 fully saturated rings. The first-order chi connectivity index (χ1) is 15.5. The van der Waals surface area contributed by atoms with Gasteiger partial charge in [0.2, 0.25) is 0 Å². The molecule has 0 bridgehead atoms. The van der Waals surface area contributed by atoms with Crippen LogP contribution in [0.4, 0.5) is 0 Å². The number of aromatic amines is 1. The summed E-state index contributed by atoms with van der Waals surface area (Å²) >= 11 is 1.52. The van der Waals surface area contributed by atoms with Gasteiger partial charge >= 0.3 is 0 Å². The molecule has 0 amide bonds. The molecule has 2 heterocycles. The van der Waals surface area contributed by atoms with Crippen LogP contribution in [0.2, 0.25) is 0 Å². The SMILES string of the molecule is COC[C@H](O)CN(Cc1nc2scc(-c3cc(C)ccc3C)c2c(=O)[nH]1)C1CCCCC1. The molecule has 1 aliphatic carbocycles. The molecule has 2 aromatic heterocycles. The van der Waals surface area contributed by atoms with Crippen LogP contribution in [0.3, 0.4) is 0 Å². The minimum Gasteiger partial charge on any atom is -0.389 e. The van der Waals surface area contributed by atoms with Crippen molar-refractivity contribution in [2.75, 3.05) is 20.3 Å². The Morgan fingerprint density at radius 1 is 1.25 bits per heavy atom. The Morgan fingerprint density at radius 2 is 2.03 bits per heavy atom. The van der Waals surface area contributed by atoms with Crippen molar-refractivity contribution in [1.82, 2.24) is 14.9 Å². The van der Waals surface area contributed by atoms with Gasteiger partial charge in [-0.2, -0.15) is 0 Å². The number of ether oxygens (including phenoxy) is 1. The molecule has 0 aliphatic heterocycles. The van der Waals surface area contributed by atoms with Gasteiger partial charge in [-0.05, 0) is 37.8 Å². The second-order valence-electron chi connectivity index (χ2n) is 8.99. The molecule has 172 valence electrons. The molecular formula is C25H33N3O3S. The number of aryl methyl sites for hydroxylation is 2. The number of thiophene rings is 1. The number of H-pyrrole nitrogens is 1. The molecular weight excluding hydrogens is 422 g/mol. The fourth-order valence-electron chi connectivity index (χ4n) is 4.79. The molecule has 0 radical (unpaired) electrons. The van der Waals surface area contributed by atoms with Crippen LogP contribution in [-0.4, -0.2) is 52.4 Å². The number of aliphatic hydroxyl groups is 1. The van der Waals surface area contributed by atoms with Crippen molar-refractivity contribution in [3.8, 4) is 11.1 Å². The van der Waals surface area contributed by atoms with Crippen molar-refractivity contribution < 1.29 is 9.84 Å². The lowest BCUT2D eigenvalue weighted by Gasteiger charge is -2.35. The highest BCUT2D eigenvalue weighted by molar-refractivity contribution is 7.17. The lowest BCUT2D eigenvalue weighted by atomic mass is 9.94. The average molecular weight is 456 g/mol. The van der Waals surface area contributed by atoms with E-state index in [2.05, 4.69) is 41.9 Å². The van der Waals surface area contributed by atoms with Crippen molar-refractivity contribution >= 4 is 21.6 Å². The summed E-state index contributed by atoms with van der Waals surface area (Å²) < 4.78 is 5.13. The van der Waals surface area contributed by atoms with Gasteiger partial charge in [0, 0.05) is 30.6 Å². The number of nitrogens with zero attached hydrogens (tertiary/aromatic N) is 2. The van der Waals surface area contributed by atoms with Crippen LogP contribution in [0.25, 0.3) is 21.3 Å². The predicted molar refractivity (Wildman–Crippen MR) is 130 cm³/mol. The molecule has 0 unspecified atom stereocenters. The van der Waals surface area contributed by atoms with Crippen molar-refractivity contribution in [1.29, 1.82) is 0 Å². The van der Waals surface area contributed by atoms with Gasteiger partial charge < -0.3 is 14.8 Å². The highest BCUT2D eigenvalue weighted by atomic mass is 32.1. The van der Waals surface area contributed by atoms with Crippen LogP contribution in [0.5, 0.6) is 0 Å². The third-order valence-corrected chi connectivity index (χ3v) is 7.30. The Kier molecular flexibility index (Phi) is 7.40. The van der Waals surface area contributed by atoms with E-state index < -0.39 is 6.10 Å². The first kappa shape index (κ1) is 23.1. The summed E-state index contributed by atoms with van der Waals surface area (Å²) in [6, 6.07) is 6.71. The molecule has 1 atom stereocenters. The predicted octanol–water partition coefficient (Wildman–Crippen LogP) is 4.41. The number of benzene rings is 1. The van der Waals surface area contributed by atoms with Gasteiger partial charge in [-0.1, -0.05) is 43.0 Å². The number of hydrogen-bond acceptors (Lipinski definition) is 6.